The van der Waals surface area contributed by atoms with Gasteiger partial charge in [0.15, 0.2) is 0 Å². The zero-order valence-electron chi connectivity index (χ0n) is 11.1. The minimum atomic E-state index is -0.950. The molecule has 4 nitrogen and oxygen atoms in total. The monoisotopic (exact) mass is 271 g/mol. The van der Waals surface area contributed by atoms with E-state index in [-0.39, 0.29) is 18.7 Å². The van der Waals surface area contributed by atoms with E-state index < -0.39 is 5.97 Å². The van der Waals surface area contributed by atoms with Crippen LogP contribution in [0.15, 0.2) is 42.5 Å². The van der Waals surface area contributed by atoms with Gasteiger partial charge >= 0.3 is 5.97 Å². The fourth-order valence-corrected chi connectivity index (χ4v) is 2.16. The predicted molar refractivity (Wildman–Crippen MR) is 77.5 cm³/mol. The average molecular weight is 271 g/mol. The van der Waals surface area contributed by atoms with E-state index in [1.54, 1.807) is 0 Å². The first-order valence-corrected chi connectivity index (χ1v) is 6.62. The molecule has 2 N–H and O–H groups in total. The molecule has 0 heterocycles. The SMILES string of the molecule is O=C(O)CCC(=O)NCCc1cccc2ccccc12. The van der Waals surface area contributed by atoms with E-state index in [4.69, 9.17) is 5.11 Å². The molecule has 0 aliphatic carbocycles. The summed E-state index contributed by atoms with van der Waals surface area (Å²) in [5.41, 5.74) is 1.18. The molecule has 0 bridgehead atoms. The molecule has 0 unspecified atom stereocenters. The highest BCUT2D eigenvalue weighted by atomic mass is 16.4. The number of carboxylic acids is 1. The maximum absolute atomic E-state index is 11.4. The lowest BCUT2D eigenvalue weighted by Crippen LogP contribution is -2.26. The number of carbonyl (C=O) groups excluding carboxylic acids is 1. The molecule has 2 aromatic rings. The van der Waals surface area contributed by atoms with Gasteiger partial charge in [-0.15, -0.1) is 0 Å². The van der Waals surface area contributed by atoms with Crippen LogP contribution in [0.1, 0.15) is 18.4 Å². The summed E-state index contributed by atoms with van der Waals surface area (Å²) >= 11 is 0. The van der Waals surface area contributed by atoms with Crippen molar-refractivity contribution in [1.29, 1.82) is 0 Å². The molecule has 1 amide bonds. The molecule has 0 radical (unpaired) electrons. The van der Waals surface area contributed by atoms with Gasteiger partial charge in [0.2, 0.25) is 5.91 Å². The maximum Gasteiger partial charge on any atom is 0.303 e. The first-order valence-electron chi connectivity index (χ1n) is 6.62. The lowest BCUT2D eigenvalue weighted by Gasteiger charge is -2.07. The van der Waals surface area contributed by atoms with Gasteiger partial charge in [0.1, 0.15) is 0 Å². The Labute approximate surface area is 117 Å². The van der Waals surface area contributed by atoms with Crippen molar-refractivity contribution in [3.05, 3.63) is 48.0 Å². The molecular weight excluding hydrogens is 254 g/mol. The van der Waals surface area contributed by atoms with Gasteiger partial charge in [-0.1, -0.05) is 42.5 Å². The standard InChI is InChI=1S/C16H17NO3/c18-15(8-9-16(19)20)17-11-10-13-6-3-5-12-4-1-2-7-14(12)13/h1-7H,8-11H2,(H,17,18)(H,19,20). The van der Waals surface area contributed by atoms with E-state index >= 15 is 0 Å². The number of carbonyl (C=O) groups is 2. The lowest BCUT2D eigenvalue weighted by molar-refractivity contribution is -0.138. The van der Waals surface area contributed by atoms with E-state index in [1.165, 1.54) is 16.3 Å². The van der Waals surface area contributed by atoms with Crippen LogP contribution >= 0.6 is 0 Å². The molecule has 104 valence electrons. The Morgan fingerprint density at radius 1 is 1.00 bits per heavy atom. The van der Waals surface area contributed by atoms with Crippen LogP contribution in [-0.2, 0) is 16.0 Å². The Bertz CT molecular complexity index is 617. The normalized spacial score (nSPS) is 10.4. The van der Waals surface area contributed by atoms with Crippen molar-refractivity contribution in [2.45, 2.75) is 19.3 Å². The quantitative estimate of drug-likeness (QED) is 0.847. The van der Waals surface area contributed by atoms with Gasteiger partial charge in [-0.25, -0.2) is 0 Å². The number of carboxylic acid groups (broad SMARTS) is 1. The van der Waals surface area contributed by atoms with E-state index in [2.05, 4.69) is 23.5 Å². The molecule has 0 spiro atoms. The van der Waals surface area contributed by atoms with Gasteiger partial charge in [-0.2, -0.15) is 0 Å². The summed E-state index contributed by atoms with van der Waals surface area (Å²) in [5.74, 6) is -1.16. The molecule has 2 aromatic carbocycles. The number of hydrogen-bond acceptors (Lipinski definition) is 2. The zero-order chi connectivity index (χ0) is 14.4. The molecule has 2 rings (SSSR count). The van der Waals surface area contributed by atoms with Crippen LogP contribution in [0, 0.1) is 0 Å². The van der Waals surface area contributed by atoms with Gasteiger partial charge < -0.3 is 10.4 Å². The number of nitrogens with one attached hydrogen (secondary N) is 1. The summed E-state index contributed by atoms with van der Waals surface area (Å²) < 4.78 is 0. The second-order valence-corrected chi connectivity index (χ2v) is 4.63. The lowest BCUT2D eigenvalue weighted by atomic mass is 10.0. The van der Waals surface area contributed by atoms with E-state index in [1.807, 2.05) is 24.3 Å². The average Bonchev–Trinajstić information content (AvgIpc) is 2.45. The third kappa shape index (κ3) is 3.82. The molecule has 0 aliphatic heterocycles. The number of rotatable bonds is 6. The minimum Gasteiger partial charge on any atom is -0.481 e. The Hall–Kier alpha value is -2.36. The summed E-state index contributed by atoms with van der Waals surface area (Å²) in [4.78, 5) is 21.8. The number of hydrogen-bond donors (Lipinski definition) is 2. The van der Waals surface area contributed by atoms with E-state index in [9.17, 15) is 9.59 Å². The fraction of sp³-hybridized carbons (Fsp3) is 0.250. The Balaban J connectivity index is 1.90. The minimum absolute atomic E-state index is 0.0326. The fourth-order valence-electron chi connectivity index (χ4n) is 2.16. The molecule has 0 aliphatic rings. The van der Waals surface area contributed by atoms with Crippen LogP contribution in [-0.4, -0.2) is 23.5 Å². The molecule has 0 saturated heterocycles. The van der Waals surface area contributed by atoms with Crippen molar-refractivity contribution in [3.63, 3.8) is 0 Å². The van der Waals surface area contributed by atoms with Crippen LogP contribution in [0.3, 0.4) is 0 Å². The van der Waals surface area contributed by atoms with Crippen LogP contribution < -0.4 is 5.32 Å². The third-order valence-electron chi connectivity index (χ3n) is 3.16. The van der Waals surface area contributed by atoms with Crippen molar-refractivity contribution < 1.29 is 14.7 Å². The molecule has 0 aromatic heterocycles. The summed E-state index contributed by atoms with van der Waals surface area (Å²) in [5, 5.41) is 13.6. The molecule has 0 atom stereocenters. The van der Waals surface area contributed by atoms with Gasteiger partial charge in [-0.3, -0.25) is 9.59 Å². The molecule has 0 fully saturated rings. The zero-order valence-corrected chi connectivity index (χ0v) is 11.1. The number of fused-ring (bicyclic) bond motifs is 1. The Kier molecular flexibility index (Phi) is 4.71. The molecule has 0 saturated carbocycles. The second kappa shape index (κ2) is 6.70. The van der Waals surface area contributed by atoms with E-state index in [0.717, 1.165) is 6.42 Å². The van der Waals surface area contributed by atoms with Crippen molar-refractivity contribution in [2.24, 2.45) is 0 Å². The molecule has 4 heteroatoms. The van der Waals surface area contributed by atoms with Gasteiger partial charge in [0, 0.05) is 13.0 Å². The third-order valence-corrected chi connectivity index (χ3v) is 3.16. The van der Waals surface area contributed by atoms with Crippen LogP contribution in [0.25, 0.3) is 10.8 Å². The first kappa shape index (κ1) is 14.1. The number of amides is 1. The van der Waals surface area contributed by atoms with Crippen LogP contribution in [0.5, 0.6) is 0 Å². The number of benzene rings is 2. The largest absolute Gasteiger partial charge is 0.481 e. The van der Waals surface area contributed by atoms with Gasteiger partial charge in [-0.05, 0) is 22.8 Å². The second-order valence-electron chi connectivity index (χ2n) is 4.63. The summed E-state index contributed by atoms with van der Waals surface area (Å²) in [6, 6.07) is 14.2. The predicted octanol–water partition coefficient (Wildman–Crippen LogP) is 2.36. The first-order chi connectivity index (χ1) is 9.66. The highest BCUT2D eigenvalue weighted by molar-refractivity contribution is 5.85. The van der Waals surface area contributed by atoms with Crippen molar-refractivity contribution in [3.8, 4) is 0 Å². The van der Waals surface area contributed by atoms with Crippen molar-refractivity contribution in [1.82, 2.24) is 5.32 Å². The summed E-state index contributed by atoms with van der Waals surface area (Å²) in [6.07, 6.45) is 0.644. The topological polar surface area (TPSA) is 66.4 Å². The number of aliphatic carboxylic acids is 1. The Morgan fingerprint density at radius 3 is 2.55 bits per heavy atom. The highest BCUT2D eigenvalue weighted by Gasteiger charge is 2.05. The van der Waals surface area contributed by atoms with Crippen LogP contribution in [0.2, 0.25) is 0 Å². The van der Waals surface area contributed by atoms with Crippen molar-refractivity contribution in [2.75, 3.05) is 6.54 Å². The molecule has 20 heavy (non-hydrogen) atoms. The Morgan fingerprint density at radius 2 is 1.75 bits per heavy atom. The van der Waals surface area contributed by atoms with Gasteiger partial charge in [0.05, 0.1) is 6.42 Å². The maximum atomic E-state index is 11.4. The highest BCUT2D eigenvalue weighted by Crippen LogP contribution is 2.18. The smallest absolute Gasteiger partial charge is 0.303 e. The van der Waals surface area contributed by atoms with E-state index in [0.29, 0.717) is 6.54 Å². The van der Waals surface area contributed by atoms with Gasteiger partial charge in [0.25, 0.3) is 0 Å². The molecular formula is C16H17NO3. The summed E-state index contributed by atoms with van der Waals surface area (Å²) in [6.45, 7) is 0.520. The van der Waals surface area contributed by atoms with Crippen molar-refractivity contribution >= 4 is 22.6 Å². The van der Waals surface area contributed by atoms with Crippen LogP contribution in [0.4, 0.5) is 0 Å². The summed E-state index contributed by atoms with van der Waals surface area (Å²) in [7, 11) is 0.